The molecule has 2 aromatic carbocycles. The third-order valence-electron chi connectivity index (χ3n) is 7.01. The molecule has 3 aromatic rings. The van der Waals surface area contributed by atoms with Gasteiger partial charge in [-0.2, -0.15) is 0 Å². The van der Waals surface area contributed by atoms with Crippen LogP contribution in [0, 0.1) is 11.8 Å². The van der Waals surface area contributed by atoms with E-state index in [1.807, 2.05) is 48.5 Å². The van der Waals surface area contributed by atoms with E-state index in [-0.39, 0.29) is 5.92 Å². The summed E-state index contributed by atoms with van der Waals surface area (Å²) < 4.78 is 5.34. The quantitative estimate of drug-likeness (QED) is 0.236. The molecule has 1 fully saturated rings. The molecule has 6 nitrogen and oxygen atoms in total. The number of halogens is 1. The van der Waals surface area contributed by atoms with Crippen LogP contribution in [0.3, 0.4) is 0 Å². The third-order valence-corrected chi connectivity index (χ3v) is 8.36. The van der Waals surface area contributed by atoms with E-state index in [0.717, 1.165) is 53.2 Å². The molecule has 1 saturated heterocycles. The van der Waals surface area contributed by atoms with Gasteiger partial charge in [-0.15, -0.1) is 11.8 Å². The standard InChI is InChI=1S/C28H33ClN2O4S/c1-35-21-6-9-26-24(17-21)23(11-13-30-26)27(32)10-3-19-12-15-31(18-25(19)28(33)34)14-2-16-36-22-7-4-20(29)5-8-22/h4-9,11,13,17,19,25,27,32H,2-3,10,12,14-16,18H2,1H3,(H,33,34)/t19-,25+,27?/m1/s1. The minimum Gasteiger partial charge on any atom is -0.497 e. The first kappa shape index (κ1) is 26.7. The molecule has 0 bridgehead atoms. The van der Waals surface area contributed by atoms with Gasteiger partial charge < -0.3 is 19.8 Å². The van der Waals surface area contributed by atoms with Crippen molar-refractivity contribution in [2.24, 2.45) is 11.8 Å². The summed E-state index contributed by atoms with van der Waals surface area (Å²) in [4.78, 5) is 19.9. The number of carboxylic acids is 1. The number of carboxylic acid groups (broad SMARTS) is 1. The van der Waals surface area contributed by atoms with E-state index in [9.17, 15) is 15.0 Å². The average Bonchev–Trinajstić information content (AvgIpc) is 2.90. The van der Waals surface area contributed by atoms with Gasteiger partial charge in [0.1, 0.15) is 5.75 Å². The van der Waals surface area contributed by atoms with Crippen LogP contribution in [0.15, 0.2) is 59.6 Å². The number of methoxy groups -OCH3 is 1. The van der Waals surface area contributed by atoms with E-state index in [1.54, 1.807) is 25.1 Å². The summed E-state index contributed by atoms with van der Waals surface area (Å²) >= 11 is 7.74. The van der Waals surface area contributed by atoms with Crippen molar-refractivity contribution in [1.82, 2.24) is 9.88 Å². The lowest BCUT2D eigenvalue weighted by atomic mass is 9.81. The monoisotopic (exact) mass is 528 g/mol. The van der Waals surface area contributed by atoms with Crippen LogP contribution in [0.5, 0.6) is 5.75 Å². The molecule has 2 N–H and O–H groups in total. The molecule has 36 heavy (non-hydrogen) atoms. The molecule has 0 radical (unpaired) electrons. The van der Waals surface area contributed by atoms with Crippen molar-refractivity contribution in [1.29, 1.82) is 0 Å². The molecule has 192 valence electrons. The summed E-state index contributed by atoms with van der Waals surface area (Å²) in [6, 6.07) is 15.3. The number of fused-ring (bicyclic) bond motifs is 1. The summed E-state index contributed by atoms with van der Waals surface area (Å²) in [5.41, 5.74) is 1.61. The fourth-order valence-electron chi connectivity index (χ4n) is 5.00. The van der Waals surface area contributed by atoms with E-state index in [2.05, 4.69) is 9.88 Å². The van der Waals surface area contributed by atoms with Gasteiger partial charge in [0.25, 0.3) is 0 Å². The number of hydrogen-bond acceptors (Lipinski definition) is 6. The number of nitrogens with zero attached hydrogens (tertiary/aromatic N) is 2. The summed E-state index contributed by atoms with van der Waals surface area (Å²) in [5.74, 6) is 0.599. The number of benzene rings is 2. The minimum atomic E-state index is -0.742. The Morgan fingerprint density at radius 2 is 2.06 bits per heavy atom. The van der Waals surface area contributed by atoms with Gasteiger partial charge in [0.05, 0.1) is 24.6 Å². The Morgan fingerprint density at radius 3 is 2.81 bits per heavy atom. The van der Waals surface area contributed by atoms with Gasteiger partial charge >= 0.3 is 5.97 Å². The zero-order valence-corrected chi connectivity index (χ0v) is 22.0. The van der Waals surface area contributed by atoms with Crippen LogP contribution in [-0.4, -0.2) is 58.6 Å². The minimum absolute atomic E-state index is 0.0551. The lowest BCUT2D eigenvalue weighted by Crippen LogP contribution is -2.44. The van der Waals surface area contributed by atoms with Crippen LogP contribution in [0.4, 0.5) is 0 Å². The number of rotatable bonds is 11. The fraction of sp³-hybridized carbons (Fsp3) is 0.429. The molecule has 1 aromatic heterocycles. The van der Waals surface area contributed by atoms with E-state index in [1.165, 1.54) is 4.90 Å². The van der Waals surface area contributed by atoms with Crippen molar-refractivity contribution in [3.63, 3.8) is 0 Å². The van der Waals surface area contributed by atoms with E-state index in [0.29, 0.717) is 25.1 Å². The first-order valence-corrected chi connectivity index (χ1v) is 13.7. The van der Waals surface area contributed by atoms with Crippen molar-refractivity contribution in [3.05, 3.63) is 65.3 Å². The molecule has 8 heteroatoms. The zero-order chi connectivity index (χ0) is 25.5. The molecule has 4 rings (SSSR count). The zero-order valence-electron chi connectivity index (χ0n) is 20.5. The third kappa shape index (κ3) is 6.91. The molecule has 0 saturated carbocycles. The van der Waals surface area contributed by atoms with Crippen LogP contribution in [0.1, 0.15) is 37.4 Å². The topological polar surface area (TPSA) is 82.9 Å². The number of carbonyl (C=O) groups is 1. The Bertz CT molecular complexity index is 1160. The maximum absolute atomic E-state index is 12.1. The number of likely N-dealkylation sites (tertiary alicyclic amines) is 1. The number of thioether (sulfide) groups is 1. The van der Waals surface area contributed by atoms with Gasteiger partial charge in [0.15, 0.2) is 0 Å². The Hall–Kier alpha value is -2.32. The Morgan fingerprint density at radius 1 is 1.25 bits per heavy atom. The van der Waals surface area contributed by atoms with Gasteiger partial charge in [-0.25, -0.2) is 0 Å². The molecular formula is C28H33ClN2O4S. The van der Waals surface area contributed by atoms with Gasteiger partial charge in [0, 0.05) is 28.0 Å². The lowest BCUT2D eigenvalue weighted by molar-refractivity contribution is -0.146. The predicted molar refractivity (Wildman–Crippen MR) is 145 cm³/mol. The van der Waals surface area contributed by atoms with E-state index < -0.39 is 18.0 Å². The number of hydrogen-bond donors (Lipinski definition) is 2. The molecule has 0 amide bonds. The molecule has 0 aliphatic carbocycles. The highest BCUT2D eigenvalue weighted by atomic mass is 35.5. The highest BCUT2D eigenvalue weighted by molar-refractivity contribution is 7.99. The van der Waals surface area contributed by atoms with E-state index in [4.69, 9.17) is 16.3 Å². The van der Waals surface area contributed by atoms with Gasteiger partial charge in [-0.3, -0.25) is 9.78 Å². The smallest absolute Gasteiger partial charge is 0.308 e. The summed E-state index contributed by atoms with van der Waals surface area (Å²) in [5, 5.41) is 22.5. The summed E-state index contributed by atoms with van der Waals surface area (Å²) in [6.45, 7) is 2.35. The maximum Gasteiger partial charge on any atom is 0.308 e. The molecule has 1 aliphatic rings. The molecule has 2 heterocycles. The number of aliphatic hydroxyl groups excluding tert-OH is 1. The van der Waals surface area contributed by atoms with Crippen molar-refractivity contribution in [3.8, 4) is 5.75 Å². The van der Waals surface area contributed by atoms with Crippen LogP contribution in [0.2, 0.25) is 5.02 Å². The van der Waals surface area contributed by atoms with Gasteiger partial charge in [0.2, 0.25) is 0 Å². The highest BCUT2D eigenvalue weighted by Crippen LogP contribution is 2.34. The van der Waals surface area contributed by atoms with Crippen LogP contribution < -0.4 is 4.74 Å². The predicted octanol–water partition coefficient (Wildman–Crippen LogP) is 5.92. The second-order valence-corrected chi connectivity index (χ2v) is 10.9. The number of aliphatic carboxylic acids is 1. The molecular weight excluding hydrogens is 496 g/mol. The van der Waals surface area contributed by atoms with Crippen LogP contribution in [-0.2, 0) is 4.79 Å². The summed E-state index contributed by atoms with van der Waals surface area (Å²) in [6.07, 6.45) is 4.05. The molecule has 1 aliphatic heterocycles. The SMILES string of the molecule is COc1ccc2nccc(C(O)CC[C@@H]3CCN(CCCSc4ccc(Cl)cc4)C[C@@H]3C(=O)O)c2c1. The molecule has 3 atom stereocenters. The first-order chi connectivity index (χ1) is 17.4. The Kier molecular flexibility index (Phi) is 9.48. The second-order valence-electron chi connectivity index (χ2n) is 9.33. The second kappa shape index (κ2) is 12.8. The first-order valence-electron chi connectivity index (χ1n) is 12.4. The van der Waals surface area contributed by atoms with Crippen LogP contribution in [0.25, 0.3) is 10.9 Å². The van der Waals surface area contributed by atoms with Crippen molar-refractivity contribution in [2.75, 3.05) is 32.5 Å². The molecule has 1 unspecified atom stereocenters. The maximum atomic E-state index is 12.1. The highest BCUT2D eigenvalue weighted by Gasteiger charge is 2.34. The number of aromatic nitrogens is 1. The number of ether oxygens (including phenoxy) is 1. The van der Waals surface area contributed by atoms with Gasteiger partial charge in [-0.05, 0) is 105 Å². The fourth-order valence-corrected chi connectivity index (χ4v) is 5.96. The summed E-state index contributed by atoms with van der Waals surface area (Å²) in [7, 11) is 1.62. The number of pyridine rings is 1. The van der Waals surface area contributed by atoms with Crippen LogP contribution >= 0.6 is 23.4 Å². The van der Waals surface area contributed by atoms with Gasteiger partial charge in [-0.1, -0.05) is 11.6 Å². The van der Waals surface area contributed by atoms with E-state index >= 15 is 0 Å². The Balaban J connectivity index is 1.29. The van der Waals surface area contributed by atoms with Crippen molar-refractivity contribution >= 4 is 40.2 Å². The van der Waals surface area contributed by atoms with Crippen molar-refractivity contribution < 1.29 is 19.7 Å². The lowest BCUT2D eigenvalue weighted by Gasteiger charge is -2.37. The number of piperidine rings is 1. The molecule has 0 spiro atoms. The average molecular weight is 529 g/mol. The van der Waals surface area contributed by atoms with Crippen molar-refractivity contribution in [2.45, 2.75) is 36.7 Å². The normalized spacial score (nSPS) is 19.3. The largest absolute Gasteiger partial charge is 0.497 e. The number of aliphatic hydroxyl groups is 1. The Labute approximate surface area is 221 Å².